The first-order chi connectivity index (χ1) is 7.61. The quantitative estimate of drug-likeness (QED) is 0.805. The van der Waals surface area contributed by atoms with Gasteiger partial charge in [-0.1, -0.05) is 0 Å². The van der Waals surface area contributed by atoms with Crippen LogP contribution in [0.2, 0.25) is 0 Å². The second-order valence-corrected chi connectivity index (χ2v) is 4.73. The number of amides is 3. The van der Waals surface area contributed by atoms with Gasteiger partial charge in [0, 0.05) is 23.4 Å². The molecule has 1 aromatic rings. The van der Waals surface area contributed by atoms with Crippen LogP contribution in [0.15, 0.2) is 6.20 Å². The molecule has 2 N–H and O–H groups in total. The van der Waals surface area contributed by atoms with Crippen LogP contribution in [-0.2, 0) is 11.3 Å². The molecule has 0 unspecified atom stereocenters. The van der Waals surface area contributed by atoms with Gasteiger partial charge in [-0.15, -0.1) is 22.9 Å². The van der Waals surface area contributed by atoms with Gasteiger partial charge in [0.2, 0.25) is 5.91 Å². The van der Waals surface area contributed by atoms with Gasteiger partial charge >= 0.3 is 6.03 Å². The lowest BCUT2D eigenvalue weighted by molar-refractivity contribution is -0.119. The predicted octanol–water partition coefficient (Wildman–Crippen LogP) is 1.41. The molecular formula is C9H12ClN3O2S. The van der Waals surface area contributed by atoms with E-state index in [9.17, 15) is 9.59 Å². The summed E-state index contributed by atoms with van der Waals surface area (Å²) in [7, 11) is 0. The lowest BCUT2D eigenvalue weighted by Crippen LogP contribution is -2.39. The first-order valence-electron chi connectivity index (χ1n) is 4.66. The number of hydrogen-bond acceptors (Lipinski definition) is 4. The second kappa shape index (κ2) is 6.44. The van der Waals surface area contributed by atoms with Crippen LogP contribution in [0, 0.1) is 6.92 Å². The predicted molar refractivity (Wildman–Crippen MR) is 62.6 cm³/mol. The molecule has 0 bridgehead atoms. The molecule has 0 spiro atoms. The topological polar surface area (TPSA) is 71.1 Å². The lowest BCUT2D eigenvalue weighted by atomic mass is 10.4. The van der Waals surface area contributed by atoms with Crippen molar-refractivity contribution in [3.8, 4) is 0 Å². The number of aryl methyl sites for hydroxylation is 1. The number of hydrogen-bond donors (Lipinski definition) is 2. The van der Waals surface area contributed by atoms with E-state index in [4.69, 9.17) is 11.6 Å². The van der Waals surface area contributed by atoms with Crippen molar-refractivity contribution in [1.29, 1.82) is 0 Å². The van der Waals surface area contributed by atoms with Crippen molar-refractivity contribution in [1.82, 2.24) is 15.6 Å². The van der Waals surface area contributed by atoms with E-state index in [0.29, 0.717) is 6.54 Å². The molecule has 5 nitrogen and oxygen atoms in total. The Morgan fingerprint density at radius 2 is 2.31 bits per heavy atom. The largest absolute Gasteiger partial charge is 0.331 e. The van der Waals surface area contributed by atoms with Crippen LogP contribution in [0.3, 0.4) is 0 Å². The van der Waals surface area contributed by atoms with E-state index in [2.05, 4.69) is 15.6 Å². The van der Waals surface area contributed by atoms with E-state index in [-0.39, 0.29) is 18.2 Å². The normalized spacial score (nSPS) is 9.88. The lowest BCUT2D eigenvalue weighted by Gasteiger charge is -2.03. The first-order valence-corrected chi connectivity index (χ1v) is 6.02. The summed E-state index contributed by atoms with van der Waals surface area (Å²) in [6.07, 6.45) is 1.86. The summed E-state index contributed by atoms with van der Waals surface area (Å²) in [5.41, 5.74) is 0. The van der Waals surface area contributed by atoms with Gasteiger partial charge in [0.05, 0.1) is 6.54 Å². The Morgan fingerprint density at radius 1 is 1.56 bits per heavy atom. The minimum absolute atomic E-state index is 0.130. The minimum Gasteiger partial charge on any atom is -0.331 e. The molecule has 0 saturated carbocycles. The summed E-state index contributed by atoms with van der Waals surface area (Å²) in [6.45, 7) is 2.25. The van der Waals surface area contributed by atoms with Crippen molar-refractivity contribution in [2.24, 2.45) is 0 Å². The van der Waals surface area contributed by atoms with Crippen molar-refractivity contribution in [3.63, 3.8) is 0 Å². The van der Waals surface area contributed by atoms with Crippen molar-refractivity contribution < 1.29 is 9.59 Å². The van der Waals surface area contributed by atoms with Crippen molar-refractivity contribution >= 4 is 34.9 Å². The van der Waals surface area contributed by atoms with Gasteiger partial charge in [-0.3, -0.25) is 10.1 Å². The molecular weight excluding hydrogens is 250 g/mol. The third-order valence-electron chi connectivity index (χ3n) is 1.64. The van der Waals surface area contributed by atoms with E-state index < -0.39 is 6.03 Å². The van der Waals surface area contributed by atoms with E-state index in [1.165, 1.54) is 11.3 Å². The molecule has 0 aromatic carbocycles. The van der Waals surface area contributed by atoms with E-state index >= 15 is 0 Å². The molecule has 1 heterocycles. The fraction of sp³-hybridized carbons (Fsp3) is 0.444. The van der Waals surface area contributed by atoms with Crippen LogP contribution in [0.25, 0.3) is 0 Å². The molecule has 0 fully saturated rings. The SMILES string of the molecule is Cc1cnc(CNC(=O)NC(=O)CCCl)s1. The second-order valence-electron chi connectivity index (χ2n) is 3.03. The number of nitrogens with one attached hydrogen (secondary N) is 2. The number of carbonyl (C=O) groups is 2. The van der Waals surface area contributed by atoms with Crippen LogP contribution in [0.5, 0.6) is 0 Å². The van der Waals surface area contributed by atoms with E-state index in [1.54, 1.807) is 6.20 Å². The fourth-order valence-electron chi connectivity index (χ4n) is 0.958. The average molecular weight is 262 g/mol. The Morgan fingerprint density at radius 3 is 2.88 bits per heavy atom. The Bertz CT molecular complexity index is 381. The number of nitrogens with zero attached hydrogens (tertiary/aromatic N) is 1. The molecule has 0 aliphatic heterocycles. The van der Waals surface area contributed by atoms with Gasteiger partial charge < -0.3 is 5.32 Å². The number of alkyl halides is 1. The maximum Gasteiger partial charge on any atom is 0.321 e. The van der Waals surface area contributed by atoms with Gasteiger partial charge in [-0.2, -0.15) is 0 Å². The maximum absolute atomic E-state index is 11.2. The molecule has 0 aliphatic rings. The van der Waals surface area contributed by atoms with Crippen molar-refractivity contribution in [2.75, 3.05) is 5.88 Å². The molecule has 88 valence electrons. The highest BCUT2D eigenvalue weighted by molar-refractivity contribution is 7.11. The van der Waals surface area contributed by atoms with Crippen molar-refractivity contribution in [2.45, 2.75) is 19.9 Å². The minimum atomic E-state index is -0.525. The Kier molecular flexibility index (Phi) is 5.21. The zero-order chi connectivity index (χ0) is 12.0. The summed E-state index contributed by atoms with van der Waals surface area (Å²) < 4.78 is 0. The van der Waals surface area contributed by atoms with Gasteiger partial charge in [-0.25, -0.2) is 9.78 Å². The van der Waals surface area contributed by atoms with Crippen LogP contribution in [0.1, 0.15) is 16.3 Å². The highest BCUT2D eigenvalue weighted by Crippen LogP contribution is 2.10. The number of imide groups is 1. The summed E-state index contributed by atoms with van der Waals surface area (Å²) in [6, 6.07) is -0.525. The molecule has 1 rings (SSSR count). The van der Waals surface area contributed by atoms with Crippen molar-refractivity contribution in [3.05, 3.63) is 16.1 Å². The third-order valence-corrected chi connectivity index (χ3v) is 2.75. The average Bonchev–Trinajstić information content (AvgIpc) is 2.61. The molecule has 0 saturated heterocycles. The summed E-state index contributed by atoms with van der Waals surface area (Å²) in [5, 5.41) is 5.50. The fourth-order valence-corrected chi connectivity index (χ4v) is 1.86. The zero-order valence-electron chi connectivity index (χ0n) is 8.75. The summed E-state index contributed by atoms with van der Waals surface area (Å²) in [4.78, 5) is 27.4. The first kappa shape index (κ1) is 12.9. The van der Waals surface area contributed by atoms with Crippen LogP contribution < -0.4 is 10.6 Å². The number of urea groups is 1. The molecule has 0 atom stereocenters. The number of thiazole rings is 1. The molecule has 0 radical (unpaired) electrons. The Balaban J connectivity index is 2.27. The van der Waals surface area contributed by atoms with Crippen LogP contribution in [0.4, 0.5) is 4.79 Å². The van der Waals surface area contributed by atoms with E-state index in [0.717, 1.165) is 9.88 Å². The standard InChI is InChI=1S/C9H12ClN3O2S/c1-6-4-11-8(16-6)5-12-9(15)13-7(14)2-3-10/h4H,2-3,5H2,1H3,(H2,12,13,14,15). The number of rotatable bonds is 4. The maximum atomic E-state index is 11.2. The van der Waals surface area contributed by atoms with Gasteiger partial charge in [0.1, 0.15) is 5.01 Å². The van der Waals surface area contributed by atoms with Gasteiger partial charge in [0.15, 0.2) is 0 Å². The Labute approximate surface area is 102 Å². The highest BCUT2D eigenvalue weighted by Gasteiger charge is 2.07. The summed E-state index contributed by atoms with van der Waals surface area (Å²) >= 11 is 6.85. The molecule has 7 heteroatoms. The number of halogens is 1. The van der Waals surface area contributed by atoms with Crippen LogP contribution >= 0.6 is 22.9 Å². The monoisotopic (exact) mass is 261 g/mol. The molecule has 1 aromatic heterocycles. The number of aromatic nitrogens is 1. The van der Waals surface area contributed by atoms with E-state index in [1.807, 2.05) is 6.92 Å². The molecule has 16 heavy (non-hydrogen) atoms. The molecule has 0 aliphatic carbocycles. The zero-order valence-corrected chi connectivity index (χ0v) is 10.3. The molecule has 3 amide bonds. The Hall–Kier alpha value is -1.14. The van der Waals surface area contributed by atoms with Gasteiger partial charge in [0.25, 0.3) is 0 Å². The van der Waals surface area contributed by atoms with Gasteiger partial charge in [-0.05, 0) is 6.92 Å². The highest BCUT2D eigenvalue weighted by atomic mass is 35.5. The number of carbonyl (C=O) groups excluding carboxylic acids is 2. The smallest absolute Gasteiger partial charge is 0.321 e. The third kappa shape index (κ3) is 4.59. The van der Waals surface area contributed by atoms with Crippen LogP contribution in [-0.4, -0.2) is 22.8 Å². The summed E-state index contributed by atoms with van der Waals surface area (Å²) in [5.74, 6) is -0.187.